The van der Waals surface area contributed by atoms with Gasteiger partial charge in [-0.25, -0.2) is 8.42 Å². The third kappa shape index (κ3) is 2.93. The second kappa shape index (κ2) is 5.85. The largest absolute Gasteiger partial charge is 0.486 e. The average Bonchev–Trinajstić information content (AvgIpc) is 2.44. The van der Waals surface area contributed by atoms with E-state index in [-0.39, 0.29) is 10.1 Å². The van der Waals surface area contributed by atoms with Crippen LogP contribution in [0.2, 0.25) is 0 Å². The molecular weight excluding hydrogens is 286 g/mol. The van der Waals surface area contributed by atoms with Gasteiger partial charge in [-0.05, 0) is 24.5 Å². The Morgan fingerprint density at radius 3 is 2.67 bits per heavy atom. The van der Waals surface area contributed by atoms with E-state index in [1.165, 1.54) is 12.3 Å². The monoisotopic (exact) mass is 302 g/mol. The predicted octanol–water partition coefficient (Wildman–Crippen LogP) is 2.79. The van der Waals surface area contributed by atoms with Crippen LogP contribution >= 0.6 is 0 Å². The van der Waals surface area contributed by atoms with E-state index in [0.717, 1.165) is 24.8 Å². The Labute approximate surface area is 124 Å². The topological polar surface area (TPSA) is 56.3 Å². The first-order valence-electron chi connectivity index (χ1n) is 6.94. The number of pyridine rings is 1. The van der Waals surface area contributed by atoms with Crippen LogP contribution < -0.4 is 4.74 Å². The van der Waals surface area contributed by atoms with Crippen LogP contribution in [0, 0.1) is 6.20 Å². The zero-order valence-corrected chi connectivity index (χ0v) is 12.3. The summed E-state index contributed by atoms with van der Waals surface area (Å²) in [4.78, 5) is 4.07. The van der Waals surface area contributed by atoms with Gasteiger partial charge in [0.05, 0.1) is 17.6 Å². The van der Waals surface area contributed by atoms with E-state index in [4.69, 9.17) is 4.74 Å². The van der Waals surface area contributed by atoms with Crippen LogP contribution in [-0.2, 0) is 16.4 Å². The van der Waals surface area contributed by atoms with Gasteiger partial charge in [0.25, 0.3) is 0 Å². The van der Waals surface area contributed by atoms with Crippen molar-refractivity contribution in [3.63, 3.8) is 0 Å². The van der Waals surface area contributed by atoms with Gasteiger partial charge >= 0.3 is 0 Å². The zero-order chi connectivity index (χ0) is 14.7. The Hall–Kier alpha value is -1.88. The van der Waals surface area contributed by atoms with Crippen LogP contribution in [0.3, 0.4) is 0 Å². The van der Waals surface area contributed by atoms with E-state index in [9.17, 15) is 8.42 Å². The Morgan fingerprint density at radius 2 is 2.00 bits per heavy atom. The molecule has 0 atom stereocenters. The van der Waals surface area contributed by atoms with Crippen LogP contribution in [0.5, 0.6) is 5.75 Å². The molecular formula is C16H16NO3S. The summed E-state index contributed by atoms with van der Waals surface area (Å²) in [6.45, 7) is 0.319. The number of aromatic nitrogens is 1. The van der Waals surface area contributed by atoms with Crippen LogP contribution in [0.4, 0.5) is 0 Å². The summed E-state index contributed by atoms with van der Waals surface area (Å²) >= 11 is 0. The number of hydrogen-bond donors (Lipinski definition) is 0. The van der Waals surface area contributed by atoms with Gasteiger partial charge in [0.1, 0.15) is 11.5 Å². The molecule has 1 saturated carbocycles. The summed E-state index contributed by atoms with van der Waals surface area (Å²) in [6.07, 6.45) is 6.45. The van der Waals surface area contributed by atoms with E-state index in [1.54, 1.807) is 0 Å². The molecule has 0 saturated heterocycles. The smallest absolute Gasteiger partial charge is 0.185 e. The minimum absolute atomic E-state index is 0.207. The average molecular weight is 302 g/mol. The molecule has 0 unspecified atom stereocenters. The minimum Gasteiger partial charge on any atom is -0.486 e. The lowest BCUT2D eigenvalue weighted by atomic mass is 10.00. The van der Waals surface area contributed by atoms with E-state index in [1.807, 2.05) is 30.3 Å². The van der Waals surface area contributed by atoms with Gasteiger partial charge in [0.2, 0.25) is 0 Å². The summed E-state index contributed by atoms with van der Waals surface area (Å²) in [5, 5.41) is -0.285. The number of hydrogen-bond acceptors (Lipinski definition) is 4. The number of benzene rings is 1. The molecule has 1 aliphatic rings. The first-order valence-corrected chi connectivity index (χ1v) is 8.49. The molecule has 0 bridgehead atoms. The molecule has 0 N–H and O–H groups in total. The van der Waals surface area contributed by atoms with Gasteiger partial charge in [0.15, 0.2) is 15.6 Å². The molecule has 1 aromatic heterocycles. The second-order valence-electron chi connectivity index (χ2n) is 5.13. The highest BCUT2D eigenvalue weighted by molar-refractivity contribution is 7.92. The van der Waals surface area contributed by atoms with Gasteiger partial charge < -0.3 is 4.74 Å². The molecule has 5 heteroatoms. The van der Waals surface area contributed by atoms with Gasteiger partial charge in [-0.3, -0.25) is 4.98 Å². The zero-order valence-electron chi connectivity index (χ0n) is 11.5. The quantitative estimate of drug-likeness (QED) is 0.852. The SMILES string of the molecule is O=S(=O)(c1c[c]ncc1OCc1ccccc1)C1CCC1. The maximum Gasteiger partial charge on any atom is 0.185 e. The highest BCUT2D eigenvalue weighted by Gasteiger charge is 2.34. The Morgan fingerprint density at radius 1 is 1.24 bits per heavy atom. The van der Waals surface area contributed by atoms with Crippen molar-refractivity contribution in [2.45, 2.75) is 36.0 Å². The minimum atomic E-state index is -3.33. The fraction of sp³-hybridized carbons (Fsp3) is 0.312. The molecule has 4 nitrogen and oxygen atoms in total. The van der Waals surface area contributed by atoms with Crippen LogP contribution in [-0.4, -0.2) is 18.7 Å². The first kappa shape index (κ1) is 14.1. The number of ether oxygens (including phenoxy) is 1. The lowest BCUT2D eigenvalue weighted by Crippen LogP contribution is -2.28. The molecule has 0 aliphatic heterocycles. The van der Waals surface area contributed by atoms with Gasteiger partial charge in [-0.1, -0.05) is 36.8 Å². The lowest BCUT2D eigenvalue weighted by Gasteiger charge is -2.25. The number of sulfone groups is 1. The van der Waals surface area contributed by atoms with Crippen molar-refractivity contribution in [3.8, 4) is 5.75 Å². The van der Waals surface area contributed by atoms with Gasteiger partial charge in [-0.15, -0.1) is 0 Å². The summed E-state index contributed by atoms with van der Waals surface area (Å²) in [6, 6.07) is 11.0. The van der Waals surface area contributed by atoms with Crippen LogP contribution in [0.15, 0.2) is 47.5 Å². The molecule has 1 aromatic carbocycles. The van der Waals surface area contributed by atoms with Crippen molar-refractivity contribution in [3.05, 3.63) is 54.4 Å². The molecule has 21 heavy (non-hydrogen) atoms. The molecule has 1 heterocycles. The van der Waals surface area contributed by atoms with Gasteiger partial charge in [-0.2, -0.15) is 0 Å². The normalized spacial score (nSPS) is 15.4. The Bertz CT molecular complexity index is 709. The fourth-order valence-corrected chi connectivity index (χ4v) is 4.18. The van der Waals surface area contributed by atoms with Crippen molar-refractivity contribution in [1.29, 1.82) is 0 Å². The Kier molecular flexibility index (Phi) is 3.92. The first-order chi connectivity index (χ1) is 10.2. The molecule has 3 rings (SSSR count). The van der Waals surface area contributed by atoms with E-state index in [0.29, 0.717) is 12.4 Å². The molecule has 1 radical (unpaired) electrons. The third-order valence-electron chi connectivity index (χ3n) is 3.73. The molecule has 0 spiro atoms. The third-order valence-corrected chi connectivity index (χ3v) is 6.01. The van der Waals surface area contributed by atoms with Gasteiger partial charge in [0, 0.05) is 0 Å². The van der Waals surface area contributed by atoms with Crippen LogP contribution in [0.25, 0.3) is 0 Å². The van der Waals surface area contributed by atoms with Crippen molar-refractivity contribution in [1.82, 2.24) is 4.98 Å². The van der Waals surface area contributed by atoms with Crippen molar-refractivity contribution >= 4 is 9.84 Å². The van der Waals surface area contributed by atoms with E-state index < -0.39 is 9.84 Å². The van der Waals surface area contributed by atoms with Crippen molar-refractivity contribution in [2.24, 2.45) is 0 Å². The Balaban J connectivity index is 1.83. The highest BCUT2D eigenvalue weighted by Crippen LogP contribution is 2.34. The molecule has 1 aliphatic carbocycles. The van der Waals surface area contributed by atoms with Crippen molar-refractivity contribution in [2.75, 3.05) is 0 Å². The second-order valence-corrected chi connectivity index (χ2v) is 7.33. The standard InChI is InChI=1S/C16H16NO3S/c18-21(19,14-7-4-8-14)16-9-10-17-11-15(16)20-12-13-5-2-1-3-6-13/h1-3,5-6,9,11,14H,4,7-8,12H2. The molecule has 1 fully saturated rings. The van der Waals surface area contributed by atoms with Crippen molar-refractivity contribution < 1.29 is 13.2 Å². The summed E-state index contributed by atoms with van der Waals surface area (Å²) in [5.74, 6) is 0.310. The maximum absolute atomic E-state index is 12.5. The molecule has 109 valence electrons. The van der Waals surface area contributed by atoms with Crippen LogP contribution in [0.1, 0.15) is 24.8 Å². The fourth-order valence-electron chi connectivity index (χ4n) is 2.25. The van der Waals surface area contributed by atoms with E-state index >= 15 is 0 Å². The molecule has 2 aromatic rings. The highest BCUT2D eigenvalue weighted by atomic mass is 32.2. The maximum atomic E-state index is 12.5. The summed E-state index contributed by atoms with van der Waals surface area (Å²) < 4.78 is 30.7. The number of rotatable bonds is 5. The number of nitrogens with zero attached hydrogens (tertiary/aromatic N) is 1. The summed E-state index contributed by atoms with van der Waals surface area (Å²) in [7, 11) is -3.33. The lowest BCUT2D eigenvalue weighted by molar-refractivity contribution is 0.296. The van der Waals surface area contributed by atoms with E-state index in [2.05, 4.69) is 11.2 Å². The summed E-state index contributed by atoms with van der Waals surface area (Å²) in [5.41, 5.74) is 0.984. The predicted molar refractivity (Wildman–Crippen MR) is 78.7 cm³/mol. The molecule has 0 amide bonds.